The van der Waals surface area contributed by atoms with Crippen LogP contribution >= 0.6 is 0 Å². The number of carboxylic acids is 1. The van der Waals surface area contributed by atoms with Crippen molar-refractivity contribution in [3.63, 3.8) is 0 Å². The molecule has 270 valence electrons. The van der Waals surface area contributed by atoms with E-state index in [1.807, 2.05) is 0 Å². The quantitative estimate of drug-likeness (QED) is 0.0594. The number of hydrogen-bond acceptors (Lipinski definition) is 7. The number of ether oxygens (including phenoxy) is 1. The van der Waals surface area contributed by atoms with Crippen LogP contribution in [0.25, 0.3) is 0 Å². The van der Waals surface area contributed by atoms with Gasteiger partial charge in [-0.3, -0.25) is 14.4 Å². The summed E-state index contributed by atoms with van der Waals surface area (Å²) < 4.78 is 6.00. The van der Waals surface area contributed by atoms with Crippen molar-refractivity contribution in [2.75, 3.05) is 13.2 Å². The van der Waals surface area contributed by atoms with Gasteiger partial charge in [-0.15, -0.1) is 0 Å². The highest BCUT2D eigenvalue weighted by Gasteiger charge is 2.48. The number of nitrogens with one attached hydrogen (secondary N) is 1. The van der Waals surface area contributed by atoms with Crippen molar-refractivity contribution in [3.05, 3.63) is 0 Å². The molecule has 0 aliphatic carbocycles. The molecule has 1 rings (SSSR count). The Hall–Kier alpha value is -1.75. The van der Waals surface area contributed by atoms with E-state index in [0.717, 1.165) is 51.4 Å². The minimum atomic E-state index is -1.50. The average Bonchev–Trinajstić information content (AvgIpc) is 3.04. The second-order valence-electron chi connectivity index (χ2n) is 13.3. The van der Waals surface area contributed by atoms with Gasteiger partial charge in [0.25, 0.3) is 0 Å². The van der Waals surface area contributed by atoms with Crippen LogP contribution in [-0.4, -0.2) is 86.8 Å². The molecule has 5 N–H and O–H groups in total. The lowest BCUT2D eigenvalue weighted by Gasteiger charge is -2.47. The molecule has 0 bridgehead atoms. The van der Waals surface area contributed by atoms with Gasteiger partial charge < -0.3 is 35.4 Å². The van der Waals surface area contributed by atoms with Crippen molar-refractivity contribution in [1.82, 2.24) is 10.2 Å². The second-order valence-corrected chi connectivity index (χ2v) is 13.3. The Morgan fingerprint density at radius 2 is 1.09 bits per heavy atom. The summed E-state index contributed by atoms with van der Waals surface area (Å²) in [5.74, 6) is -1.90. The molecule has 0 radical (unpaired) electrons. The number of carboxylic acid groups (broad SMARTS) is 1. The third-order valence-corrected chi connectivity index (χ3v) is 9.17. The lowest BCUT2D eigenvalue weighted by molar-refractivity contribution is -0.231. The van der Waals surface area contributed by atoms with E-state index in [4.69, 9.17) is 9.84 Å². The maximum absolute atomic E-state index is 13.7. The third kappa shape index (κ3) is 18.6. The van der Waals surface area contributed by atoms with Gasteiger partial charge in [0, 0.05) is 19.4 Å². The van der Waals surface area contributed by atoms with Crippen LogP contribution in [0, 0.1) is 0 Å². The normalized spacial score (nSPS) is 21.3. The highest BCUT2D eigenvalue weighted by atomic mass is 16.5. The molecular formula is C36H68N2O8. The van der Waals surface area contributed by atoms with E-state index in [9.17, 15) is 29.7 Å². The molecule has 0 saturated carbocycles. The molecule has 2 amide bonds. The molecule has 0 aromatic carbocycles. The number of aliphatic carboxylic acids is 1. The number of hydrogen-bond donors (Lipinski definition) is 5. The second kappa shape index (κ2) is 27.2. The van der Waals surface area contributed by atoms with Gasteiger partial charge in [-0.05, 0) is 12.8 Å². The molecule has 0 aromatic rings. The molecule has 1 heterocycles. The van der Waals surface area contributed by atoms with Crippen LogP contribution in [0.5, 0.6) is 0 Å². The van der Waals surface area contributed by atoms with Gasteiger partial charge in [-0.1, -0.05) is 136 Å². The first kappa shape index (κ1) is 42.3. The first-order valence-electron chi connectivity index (χ1n) is 18.7. The maximum Gasteiger partial charge on any atom is 0.303 e. The number of nitrogens with zero attached hydrogens (tertiary/aromatic N) is 1. The van der Waals surface area contributed by atoms with Crippen LogP contribution < -0.4 is 5.32 Å². The summed E-state index contributed by atoms with van der Waals surface area (Å²) in [4.78, 5) is 38.8. The van der Waals surface area contributed by atoms with E-state index in [1.165, 1.54) is 83.5 Å². The minimum Gasteiger partial charge on any atom is -0.481 e. The highest BCUT2D eigenvalue weighted by molar-refractivity contribution is 5.81. The van der Waals surface area contributed by atoms with E-state index in [0.29, 0.717) is 13.0 Å². The van der Waals surface area contributed by atoms with Crippen molar-refractivity contribution in [1.29, 1.82) is 0 Å². The summed E-state index contributed by atoms with van der Waals surface area (Å²) in [5, 5.41) is 43.0. The molecule has 1 saturated heterocycles. The smallest absolute Gasteiger partial charge is 0.303 e. The van der Waals surface area contributed by atoms with Crippen LogP contribution in [0.15, 0.2) is 0 Å². The topological polar surface area (TPSA) is 157 Å². The van der Waals surface area contributed by atoms with E-state index >= 15 is 0 Å². The van der Waals surface area contributed by atoms with Gasteiger partial charge in [-0.25, -0.2) is 0 Å². The Kier molecular flexibility index (Phi) is 25.0. The molecule has 0 unspecified atom stereocenters. The van der Waals surface area contributed by atoms with Crippen LogP contribution in [0.3, 0.4) is 0 Å². The Balaban J connectivity index is 2.79. The summed E-state index contributed by atoms with van der Waals surface area (Å²) in [5.41, 5.74) is 0. The Morgan fingerprint density at radius 1 is 0.630 bits per heavy atom. The molecule has 1 aliphatic heterocycles. The lowest BCUT2D eigenvalue weighted by Crippen LogP contribution is -2.68. The molecule has 10 nitrogen and oxygen atoms in total. The fraction of sp³-hybridized carbons (Fsp3) is 0.917. The zero-order chi connectivity index (χ0) is 34.0. The van der Waals surface area contributed by atoms with E-state index in [1.54, 1.807) is 4.90 Å². The number of amides is 2. The number of aliphatic hydroxyl groups is 3. The number of carbonyl (C=O) groups is 3. The molecule has 5 atom stereocenters. The number of rotatable bonds is 29. The maximum atomic E-state index is 13.7. The molecule has 0 spiro atoms. The van der Waals surface area contributed by atoms with Gasteiger partial charge in [0.05, 0.1) is 13.0 Å². The fourth-order valence-electron chi connectivity index (χ4n) is 6.25. The van der Waals surface area contributed by atoms with E-state index in [-0.39, 0.29) is 18.7 Å². The summed E-state index contributed by atoms with van der Waals surface area (Å²) in [6.45, 7) is 4.24. The summed E-state index contributed by atoms with van der Waals surface area (Å²) >= 11 is 0. The molecular weight excluding hydrogens is 588 g/mol. The standard InChI is InChI=1S/C36H68N2O8/c1-3-5-7-9-11-13-14-15-17-19-21-23-27-38(31(41)24-22-20-18-16-12-10-8-6-4-2)36-33(37-30(40)25-26-32(42)43)35(45)34(44)29(28-39)46-36/h29,33-36,39,44-45H,3-28H2,1-2H3,(H,37,40)(H,42,43)/t29-,33-,34+,35-,36-/m1/s1. The Bertz CT molecular complexity index is 798. The van der Waals surface area contributed by atoms with Gasteiger partial charge in [0.15, 0.2) is 6.23 Å². The minimum absolute atomic E-state index is 0.152. The molecule has 0 aromatic heterocycles. The largest absolute Gasteiger partial charge is 0.481 e. The molecule has 1 aliphatic rings. The van der Waals surface area contributed by atoms with E-state index < -0.39 is 49.1 Å². The van der Waals surface area contributed by atoms with Crippen LogP contribution in [0.4, 0.5) is 0 Å². The van der Waals surface area contributed by atoms with Gasteiger partial charge in [0.2, 0.25) is 11.8 Å². The lowest BCUT2D eigenvalue weighted by atomic mass is 9.94. The van der Waals surface area contributed by atoms with Crippen molar-refractivity contribution < 1.29 is 39.5 Å². The molecule has 10 heteroatoms. The van der Waals surface area contributed by atoms with Crippen molar-refractivity contribution in [3.8, 4) is 0 Å². The SMILES string of the molecule is CCCCCCCCCCCCCCN(C(=O)CCCCCCCCCCC)[C@@H]1O[C@H](CO)[C@H](O)[C@H](O)[C@H]1NC(=O)CCC(=O)O. The number of unbranched alkanes of at least 4 members (excludes halogenated alkanes) is 19. The van der Waals surface area contributed by atoms with E-state index in [2.05, 4.69) is 19.2 Å². The van der Waals surface area contributed by atoms with Gasteiger partial charge >= 0.3 is 5.97 Å². The predicted molar refractivity (Wildman–Crippen MR) is 181 cm³/mol. The Labute approximate surface area is 279 Å². The van der Waals surface area contributed by atoms with Crippen LogP contribution in [0.2, 0.25) is 0 Å². The monoisotopic (exact) mass is 656 g/mol. The first-order chi connectivity index (χ1) is 22.3. The van der Waals surface area contributed by atoms with Crippen LogP contribution in [-0.2, 0) is 19.1 Å². The van der Waals surface area contributed by atoms with Crippen molar-refractivity contribution >= 4 is 17.8 Å². The Morgan fingerprint density at radius 3 is 1.54 bits per heavy atom. The first-order valence-corrected chi connectivity index (χ1v) is 18.7. The number of carbonyl (C=O) groups excluding carboxylic acids is 2. The third-order valence-electron chi connectivity index (χ3n) is 9.17. The van der Waals surface area contributed by atoms with Crippen LogP contribution in [0.1, 0.15) is 168 Å². The summed E-state index contributed by atoms with van der Waals surface area (Å²) in [6.07, 6.45) is 18.6. The van der Waals surface area contributed by atoms with Crippen molar-refractivity contribution in [2.45, 2.75) is 199 Å². The van der Waals surface area contributed by atoms with Gasteiger partial charge in [-0.2, -0.15) is 0 Å². The highest BCUT2D eigenvalue weighted by Crippen LogP contribution is 2.26. The van der Waals surface area contributed by atoms with Gasteiger partial charge in [0.1, 0.15) is 24.4 Å². The summed E-state index contributed by atoms with van der Waals surface area (Å²) in [6, 6.07) is -1.16. The average molecular weight is 657 g/mol. The fourth-order valence-corrected chi connectivity index (χ4v) is 6.25. The zero-order valence-corrected chi connectivity index (χ0v) is 29.1. The molecule has 1 fully saturated rings. The summed E-state index contributed by atoms with van der Waals surface area (Å²) in [7, 11) is 0. The predicted octanol–water partition coefficient (Wildman–Crippen LogP) is 6.23. The van der Waals surface area contributed by atoms with Crippen molar-refractivity contribution in [2.24, 2.45) is 0 Å². The zero-order valence-electron chi connectivity index (χ0n) is 29.1. The molecule has 46 heavy (non-hydrogen) atoms. The number of aliphatic hydroxyl groups excluding tert-OH is 3.